The third kappa shape index (κ3) is 2.94. The van der Waals surface area contributed by atoms with Crippen molar-refractivity contribution in [3.05, 3.63) is 54.2 Å². The van der Waals surface area contributed by atoms with Gasteiger partial charge in [-0.2, -0.15) is 0 Å². The van der Waals surface area contributed by atoms with Gasteiger partial charge >= 0.3 is 5.97 Å². The van der Waals surface area contributed by atoms with E-state index in [4.69, 9.17) is 19.3 Å². The van der Waals surface area contributed by atoms with Crippen LogP contribution < -0.4 is 14.2 Å². The number of hydrogen-bond donors (Lipinski definition) is 1. The van der Waals surface area contributed by atoms with Crippen LogP contribution in [0.5, 0.6) is 23.0 Å². The van der Waals surface area contributed by atoms with Gasteiger partial charge in [0.15, 0.2) is 11.5 Å². The van der Waals surface area contributed by atoms with Gasteiger partial charge in [-0.25, -0.2) is 4.79 Å². The first-order valence-electron chi connectivity index (χ1n) is 7.14. The van der Waals surface area contributed by atoms with Gasteiger partial charge in [0.05, 0.1) is 25.3 Å². The number of carboxylic acid groups (broad SMARTS) is 1. The monoisotopic (exact) mass is 325 g/mol. The second-order valence-electron chi connectivity index (χ2n) is 4.97. The molecule has 0 unspecified atom stereocenters. The van der Waals surface area contributed by atoms with E-state index in [2.05, 4.69) is 4.98 Å². The van der Waals surface area contributed by atoms with Crippen LogP contribution in [0.3, 0.4) is 0 Å². The predicted octanol–water partition coefficient (Wildman–Crippen LogP) is 3.74. The van der Waals surface area contributed by atoms with Crippen LogP contribution in [0.4, 0.5) is 0 Å². The summed E-state index contributed by atoms with van der Waals surface area (Å²) in [6, 6.07) is 11.5. The molecule has 6 heteroatoms. The summed E-state index contributed by atoms with van der Waals surface area (Å²) >= 11 is 0. The molecule has 3 rings (SSSR count). The molecule has 24 heavy (non-hydrogen) atoms. The van der Waals surface area contributed by atoms with Crippen molar-refractivity contribution in [1.29, 1.82) is 0 Å². The zero-order valence-electron chi connectivity index (χ0n) is 13.1. The Balaban J connectivity index is 2.06. The molecule has 1 heterocycles. The normalized spacial score (nSPS) is 10.4. The first kappa shape index (κ1) is 15.6. The number of methoxy groups -OCH3 is 2. The number of aromatic nitrogens is 1. The zero-order chi connectivity index (χ0) is 17.1. The first-order valence-corrected chi connectivity index (χ1v) is 7.14. The Bertz CT molecular complexity index is 907. The van der Waals surface area contributed by atoms with Crippen LogP contribution in [0.2, 0.25) is 0 Å². The largest absolute Gasteiger partial charge is 0.493 e. The van der Waals surface area contributed by atoms with Crippen molar-refractivity contribution >= 4 is 16.9 Å². The average molecular weight is 325 g/mol. The molecule has 6 nitrogen and oxygen atoms in total. The van der Waals surface area contributed by atoms with E-state index >= 15 is 0 Å². The van der Waals surface area contributed by atoms with Crippen molar-refractivity contribution in [3.8, 4) is 23.0 Å². The molecule has 0 radical (unpaired) electrons. The van der Waals surface area contributed by atoms with Gasteiger partial charge in [-0.1, -0.05) is 6.07 Å². The predicted molar refractivity (Wildman–Crippen MR) is 88.3 cm³/mol. The number of ether oxygens (including phenoxy) is 3. The minimum atomic E-state index is -1.01. The van der Waals surface area contributed by atoms with Crippen LogP contribution in [0.1, 0.15) is 10.4 Å². The maximum absolute atomic E-state index is 11.1. The van der Waals surface area contributed by atoms with Gasteiger partial charge < -0.3 is 19.3 Å². The van der Waals surface area contributed by atoms with Gasteiger partial charge in [-0.15, -0.1) is 0 Å². The number of benzene rings is 2. The second kappa shape index (κ2) is 6.45. The van der Waals surface area contributed by atoms with E-state index in [1.54, 1.807) is 50.7 Å². The van der Waals surface area contributed by atoms with E-state index in [0.29, 0.717) is 28.5 Å². The highest BCUT2D eigenvalue weighted by atomic mass is 16.5. The Kier molecular flexibility index (Phi) is 4.20. The summed E-state index contributed by atoms with van der Waals surface area (Å²) in [5.74, 6) is 1.09. The molecule has 122 valence electrons. The number of nitrogens with zero attached hydrogens (tertiary/aromatic N) is 1. The lowest BCUT2D eigenvalue weighted by atomic mass is 10.1. The number of pyridine rings is 1. The fraction of sp³-hybridized carbons (Fsp3) is 0.111. The highest BCUT2D eigenvalue weighted by Gasteiger charge is 2.12. The van der Waals surface area contributed by atoms with Crippen LogP contribution in [-0.4, -0.2) is 30.3 Å². The number of aromatic carboxylic acids is 1. The van der Waals surface area contributed by atoms with Crippen LogP contribution in [0.25, 0.3) is 10.9 Å². The van der Waals surface area contributed by atoms with Crippen LogP contribution in [0, 0.1) is 0 Å². The Morgan fingerprint density at radius 1 is 1.00 bits per heavy atom. The van der Waals surface area contributed by atoms with Gasteiger partial charge in [-0.3, -0.25) is 4.98 Å². The molecule has 2 aromatic carbocycles. The summed E-state index contributed by atoms with van der Waals surface area (Å²) in [6.07, 6.45) is 1.62. The summed E-state index contributed by atoms with van der Waals surface area (Å²) in [4.78, 5) is 15.4. The summed E-state index contributed by atoms with van der Waals surface area (Å²) in [5, 5.41) is 9.81. The van der Waals surface area contributed by atoms with E-state index < -0.39 is 5.97 Å². The van der Waals surface area contributed by atoms with Gasteiger partial charge in [0.25, 0.3) is 0 Å². The smallest absolute Gasteiger partial charge is 0.335 e. The molecule has 1 aromatic heterocycles. The van der Waals surface area contributed by atoms with Gasteiger partial charge in [0.2, 0.25) is 0 Å². The number of fused-ring (bicyclic) bond motifs is 1. The number of rotatable bonds is 5. The van der Waals surface area contributed by atoms with Crippen molar-refractivity contribution in [2.45, 2.75) is 0 Å². The van der Waals surface area contributed by atoms with Crippen molar-refractivity contribution < 1.29 is 24.1 Å². The number of hydrogen-bond acceptors (Lipinski definition) is 5. The van der Waals surface area contributed by atoms with Crippen LogP contribution >= 0.6 is 0 Å². The molecule has 0 aliphatic rings. The fourth-order valence-electron chi connectivity index (χ4n) is 2.36. The van der Waals surface area contributed by atoms with E-state index in [1.165, 1.54) is 12.1 Å². The van der Waals surface area contributed by atoms with Gasteiger partial charge in [-0.05, 0) is 30.3 Å². The highest BCUT2D eigenvalue weighted by molar-refractivity contribution is 5.89. The van der Waals surface area contributed by atoms with Crippen molar-refractivity contribution in [2.24, 2.45) is 0 Å². The lowest BCUT2D eigenvalue weighted by Gasteiger charge is -2.12. The maximum Gasteiger partial charge on any atom is 0.335 e. The van der Waals surface area contributed by atoms with Crippen molar-refractivity contribution in [3.63, 3.8) is 0 Å². The van der Waals surface area contributed by atoms with Crippen molar-refractivity contribution in [2.75, 3.05) is 14.2 Å². The van der Waals surface area contributed by atoms with Crippen LogP contribution in [0.15, 0.2) is 48.7 Å². The first-order chi connectivity index (χ1) is 11.6. The van der Waals surface area contributed by atoms with E-state index in [0.717, 1.165) is 5.39 Å². The molecular formula is C18H15NO5. The Morgan fingerprint density at radius 3 is 2.46 bits per heavy atom. The average Bonchev–Trinajstić information content (AvgIpc) is 2.61. The van der Waals surface area contributed by atoms with E-state index in [-0.39, 0.29) is 5.56 Å². The van der Waals surface area contributed by atoms with Gasteiger partial charge in [0, 0.05) is 17.6 Å². The number of carboxylic acids is 1. The molecule has 0 fully saturated rings. The molecular weight excluding hydrogens is 310 g/mol. The Hall–Kier alpha value is -3.28. The Morgan fingerprint density at radius 2 is 1.75 bits per heavy atom. The van der Waals surface area contributed by atoms with Gasteiger partial charge in [0.1, 0.15) is 11.5 Å². The minimum absolute atomic E-state index is 0.158. The summed E-state index contributed by atoms with van der Waals surface area (Å²) in [5.41, 5.74) is 0.838. The molecule has 0 saturated carbocycles. The zero-order valence-corrected chi connectivity index (χ0v) is 13.1. The second-order valence-corrected chi connectivity index (χ2v) is 4.97. The quantitative estimate of drug-likeness (QED) is 0.770. The molecule has 0 saturated heterocycles. The minimum Gasteiger partial charge on any atom is -0.493 e. The third-order valence-corrected chi connectivity index (χ3v) is 3.52. The highest BCUT2D eigenvalue weighted by Crippen LogP contribution is 2.36. The Labute approximate surface area is 138 Å². The standard InChI is InChI=1S/C18H15NO5/c1-22-16-9-13-14(10-17(16)23-2)19-7-6-15(13)24-12-5-3-4-11(8-12)18(20)21/h3-10H,1-2H3,(H,20,21). The molecule has 1 N–H and O–H groups in total. The van der Waals surface area contributed by atoms with E-state index in [9.17, 15) is 4.79 Å². The van der Waals surface area contributed by atoms with E-state index in [1.807, 2.05) is 0 Å². The summed E-state index contributed by atoms with van der Waals surface area (Å²) < 4.78 is 16.4. The molecule has 0 atom stereocenters. The molecule has 0 aliphatic carbocycles. The number of carbonyl (C=O) groups is 1. The lowest BCUT2D eigenvalue weighted by Crippen LogP contribution is -1.96. The lowest BCUT2D eigenvalue weighted by molar-refractivity contribution is 0.0696. The van der Waals surface area contributed by atoms with Crippen molar-refractivity contribution in [1.82, 2.24) is 4.98 Å². The van der Waals surface area contributed by atoms with Crippen LogP contribution in [-0.2, 0) is 0 Å². The SMILES string of the molecule is COc1cc2nccc(Oc3cccc(C(=O)O)c3)c2cc1OC. The topological polar surface area (TPSA) is 77.9 Å². The molecule has 0 spiro atoms. The molecule has 0 aliphatic heterocycles. The molecule has 3 aromatic rings. The summed E-state index contributed by atoms with van der Waals surface area (Å²) in [7, 11) is 3.11. The molecule has 0 bridgehead atoms. The third-order valence-electron chi connectivity index (χ3n) is 3.52. The molecule has 0 amide bonds. The fourth-order valence-corrected chi connectivity index (χ4v) is 2.36. The maximum atomic E-state index is 11.1. The summed E-state index contributed by atoms with van der Waals surface area (Å²) in [6.45, 7) is 0.